The van der Waals surface area contributed by atoms with Gasteiger partial charge in [0, 0.05) is 6.42 Å². The van der Waals surface area contributed by atoms with Crippen LogP contribution in [0.1, 0.15) is 27.2 Å². The Hall–Kier alpha value is -2.94. The lowest BCUT2D eigenvalue weighted by molar-refractivity contribution is -0.158. The fraction of sp³-hybridized carbons (Fsp3) is 0.409. The van der Waals surface area contributed by atoms with Crippen molar-refractivity contribution in [3.63, 3.8) is 0 Å². The van der Waals surface area contributed by atoms with Crippen LogP contribution in [0.2, 0.25) is 0 Å². The van der Waals surface area contributed by atoms with E-state index in [1.807, 2.05) is 0 Å². The maximum Gasteiger partial charge on any atom is 0.349 e. The van der Waals surface area contributed by atoms with E-state index in [2.05, 4.69) is 0 Å². The van der Waals surface area contributed by atoms with E-state index < -0.39 is 21.7 Å². The highest BCUT2D eigenvalue weighted by atomic mass is 32.2. The number of rotatable bonds is 12. The number of hydrogen-bond donors (Lipinski definition) is 0. The normalized spacial score (nSPS) is 11.5. The molecule has 2 rings (SSSR count). The molecule has 0 radical (unpaired) electrons. The molecule has 0 saturated carbocycles. The monoisotopic (exact) mass is 452 g/mol. The molecule has 31 heavy (non-hydrogen) atoms. The minimum atomic E-state index is -3.54. The van der Waals surface area contributed by atoms with Gasteiger partial charge >= 0.3 is 16.1 Å². The topological polar surface area (TPSA) is 97.4 Å². The molecule has 0 spiro atoms. The Kier molecular flexibility index (Phi) is 8.56. The third-order valence-electron chi connectivity index (χ3n) is 3.86. The van der Waals surface area contributed by atoms with Crippen LogP contribution in [0, 0.1) is 0 Å². The summed E-state index contributed by atoms with van der Waals surface area (Å²) in [6.45, 7) is 6.23. The molecule has 8 nitrogen and oxygen atoms in total. The number of hydrogen-bond acceptors (Lipinski definition) is 8. The Morgan fingerprint density at radius 1 is 0.839 bits per heavy atom. The Bertz CT molecular complexity index is 934. The zero-order chi connectivity index (χ0) is 22.9. The van der Waals surface area contributed by atoms with Crippen molar-refractivity contribution >= 4 is 16.1 Å². The van der Waals surface area contributed by atoms with Crippen LogP contribution in [0.15, 0.2) is 48.5 Å². The first kappa shape index (κ1) is 24.3. The largest absolute Gasteiger partial charge is 0.493 e. The first-order valence-corrected chi connectivity index (χ1v) is 11.6. The summed E-state index contributed by atoms with van der Waals surface area (Å²) in [5, 5.41) is 0. The molecule has 2 aromatic carbocycles. The van der Waals surface area contributed by atoms with Crippen molar-refractivity contribution in [3.8, 4) is 23.0 Å². The van der Waals surface area contributed by atoms with E-state index in [0.29, 0.717) is 43.5 Å². The Morgan fingerprint density at radius 3 is 1.74 bits per heavy atom. The smallest absolute Gasteiger partial charge is 0.349 e. The average molecular weight is 453 g/mol. The zero-order valence-corrected chi connectivity index (χ0v) is 18.9. The van der Waals surface area contributed by atoms with Crippen molar-refractivity contribution in [2.24, 2.45) is 0 Å². The zero-order valence-electron chi connectivity index (χ0n) is 18.1. The molecule has 0 aliphatic rings. The molecule has 0 aliphatic carbocycles. The van der Waals surface area contributed by atoms with Gasteiger partial charge in [-0.15, -0.1) is 0 Å². The van der Waals surface area contributed by atoms with E-state index in [4.69, 9.17) is 23.1 Å². The van der Waals surface area contributed by atoms with Gasteiger partial charge in [-0.25, -0.2) is 4.79 Å². The maximum atomic E-state index is 11.9. The van der Waals surface area contributed by atoms with Crippen LogP contribution in [0.4, 0.5) is 0 Å². The number of benzene rings is 2. The van der Waals surface area contributed by atoms with Gasteiger partial charge < -0.3 is 23.1 Å². The van der Waals surface area contributed by atoms with Crippen LogP contribution in [0.3, 0.4) is 0 Å². The fourth-order valence-electron chi connectivity index (χ4n) is 2.45. The van der Waals surface area contributed by atoms with Gasteiger partial charge in [0.05, 0.1) is 26.1 Å². The third-order valence-corrected chi connectivity index (χ3v) is 4.36. The Balaban J connectivity index is 1.71. The molecule has 0 fully saturated rings. The van der Waals surface area contributed by atoms with Gasteiger partial charge in [-0.1, -0.05) is 0 Å². The Labute approximate surface area is 183 Å². The number of carbonyl (C=O) groups excluding carboxylic acids is 1. The SMILES string of the molecule is CCOC(=O)C(C)(C)Oc1ccc(OCCCOc2ccc(OS(C)(=O)=O)cc2)cc1. The quantitative estimate of drug-likeness (QED) is 0.274. The molecule has 0 atom stereocenters. The Morgan fingerprint density at radius 2 is 1.29 bits per heavy atom. The van der Waals surface area contributed by atoms with Crippen molar-refractivity contribution in [1.29, 1.82) is 0 Å². The lowest BCUT2D eigenvalue weighted by Gasteiger charge is -2.24. The van der Waals surface area contributed by atoms with Crippen molar-refractivity contribution in [3.05, 3.63) is 48.5 Å². The first-order chi connectivity index (χ1) is 14.6. The minimum Gasteiger partial charge on any atom is -0.493 e. The van der Waals surface area contributed by atoms with E-state index in [0.717, 1.165) is 6.26 Å². The molecule has 9 heteroatoms. The fourth-order valence-corrected chi connectivity index (χ4v) is 2.91. The summed E-state index contributed by atoms with van der Waals surface area (Å²) in [5.74, 6) is 1.62. The third kappa shape index (κ3) is 8.75. The predicted molar refractivity (Wildman–Crippen MR) is 115 cm³/mol. The molecule has 0 unspecified atom stereocenters. The number of carbonyl (C=O) groups is 1. The highest BCUT2D eigenvalue weighted by Crippen LogP contribution is 2.23. The molecule has 0 heterocycles. The second-order valence-electron chi connectivity index (χ2n) is 7.11. The highest BCUT2D eigenvalue weighted by Gasteiger charge is 2.31. The van der Waals surface area contributed by atoms with Crippen molar-refractivity contribution in [2.75, 3.05) is 26.1 Å². The molecule has 0 aromatic heterocycles. The summed E-state index contributed by atoms with van der Waals surface area (Å²) in [5.41, 5.74) is -1.08. The molecular weight excluding hydrogens is 424 g/mol. The average Bonchev–Trinajstić information content (AvgIpc) is 2.69. The van der Waals surface area contributed by atoms with E-state index in [-0.39, 0.29) is 5.75 Å². The van der Waals surface area contributed by atoms with Crippen molar-refractivity contribution in [1.82, 2.24) is 0 Å². The van der Waals surface area contributed by atoms with E-state index in [1.165, 1.54) is 12.1 Å². The van der Waals surface area contributed by atoms with Crippen LogP contribution >= 0.6 is 0 Å². The van der Waals surface area contributed by atoms with Gasteiger partial charge in [0.1, 0.15) is 23.0 Å². The van der Waals surface area contributed by atoms with E-state index in [9.17, 15) is 13.2 Å². The minimum absolute atomic E-state index is 0.233. The second kappa shape index (κ2) is 10.9. The van der Waals surface area contributed by atoms with Crippen LogP contribution in [-0.4, -0.2) is 46.1 Å². The molecule has 0 N–H and O–H groups in total. The van der Waals surface area contributed by atoms with Gasteiger partial charge in [-0.3, -0.25) is 0 Å². The van der Waals surface area contributed by atoms with E-state index in [1.54, 1.807) is 57.2 Å². The van der Waals surface area contributed by atoms with Gasteiger partial charge in [0.25, 0.3) is 0 Å². The lowest BCUT2D eigenvalue weighted by atomic mass is 10.1. The molecule has 2 aromatic rings. The van der Waals surface area contributed by atoms with Crippen LogP contribution < -0.4 is 18.4 Å². The summed E-state index contributed by atoms with van der Waals surface area (Å²) in [4.78, 5) is 11.9. The maximum absolute atomic E-state index is 11.9. The number of esters is 1. The molecule has 0 bridgehead atoms. The summed E-state index contributed by atoms with van der Waals surface area (Å²) in [7, 11) is -3.54. The summed E-state index contributed by atoms with van der Waals surface area (Å²) >= 11 is 0. The molecule has 0 aliphatic heterocycles. The van der Waals surface area contributed by atoms with Crippen LogP contribution in [0.5, 0.6) is 23.0 Å². The molecule has 0 amide bonds. The van der Waals surface area contributed by atoms with Crippen LogP contribution in [0.25, 0.3) is 0 Å². The van der Waals surface area contributed by atoms with Crippen LogP contribution in [-0.2, 0) is 19.6 Å². The first-order valence-electron chi connectivity index (χ1n) is 9.80. The number of ether oxygens (including phenoxy) is 4. The molecular formula is C22H28O8S. The van der Waals surface area contributed by atoms with Crippen molar-refractivity contribution < 1.29 is 36.3 Å². The summed E-state index contributed by atoms with van der Waals surface area (Å²) in [6.07, 6.45) is 1.64. The molecule has 170 valence electrons. The summed E-state index contributed by atoms with van der Waals surface area (Å²) < 4.78 is 48.9. The van der Waals surface area contributed by atoms with Gasteiger partial charge in [0.15, 0.2) is 5.60 Å². The van der Waals surface area contributed by atoms with Gasteiger partial charge in [0.2, 0.25) is 0 Å². The van der Waals surface area contributed by atoms with Gasteiger partial charge in [-0.2, -0.15) is 8.42 Å². The second-order valence-corrected chi connectivity index (χ2v) is 8.69. The molecule has 0 saturated heterocycles. The highest BCUT2D eigenvalue weighted by molar-refractivity contribution is 7.86. The van der Waals surface area contributed by atoms with Crippen molar-refractivity contribution in [2.45, 2.75) is 32.8 Å². The summed E-state index contributed by atoms with van der Waals surface area (Å²) in [6, 6.07) is 13.3. The van der Waals surface area contributed by atoms with E-state index >= 15 is 0 Å². The predicted octanol–water partition coefficient (Wildman–Crippen LogP) is 3.59. The lowest BCUT2D eigenvalue weighted by Crippen LogP contribution is -2.39. The van der Waals surface area contributed by atoms with Gasteiger partial charge in [-0.05, 0) is 69.3 Å². The standard InChI is InChI=1S/C22H28O8S/c1-5-26-21(23)22(2,3)29-19-11-7-17(8-12-19)27-15-6-16-28-18-9-13-20(14-10-18)30-31(4,24)25/h7-14H,5-6,15-16H2,1-4H3.